The summed E-state index contributed by atoms with van der Waals surface area (Å²) >= 11 is 0. The number of carbonyl (C=O) groups is 1. The summed E-state index contributed by atoms with van der Waals surface area (Å²) in [4.78, 5) is 14.1. The molecule has 2 atom stereocenters. The number of nitrogens with two attached hydrogens (primary N) is 1. The van der Waals surface area contributed by atoms with Crippen molar-refractivity contribution in [2.24, 2.45) is 0 Å². The smallest absolute Gasteiger partial charge is 0.254 e. The highest BCUT2D eigenvalue weighted by atomic mass is 16.5. The van der Waals surface area contributed by atoms with E-state index in [2.05, 4.69) is 0 Å². The zero-order valence-electron chi connectivity index (χ0n) is 11.1. The Morgan fingerprint density at radius 3 is 2.78 bits per heavy atom. The zero-order valence-corrected chi connectivity index (χ0v) is 11.1. The van der Waals surface area contributed by atoms with E-state index in [1.165, 1.54) is 0 Å². The molecule has 2 unspecified atom stereocenters. The van der Waals surface area contributed by atoms with Crippen LogP contribution in [-0.2, 0) is 4.74 Å². The monoisotopic (exact) mass is 248 g/mol. The van der Waals surface area contributed by atoms with Crippen LogP contribution in [0.4, 0.5) is 5.69 Å². The van der Waals surface area contributed by atoms with Crippen molar-refractivity contribution >= 4 is 11.6 Å². The van der Waals surface area contributed by atoms with Gasteiger partial charge in [0.15, 0.2) is 0 Å². The Balaban J connectivity index is 2.17. The van der Waals surface area contributed by atoms with Crippen LogP contribution in [0.15, 0.2) is 18.2 Å². The van der Waals surface area contributed by atoms with E-state index in [1.54, 1.807) is 11.0 Å². The summed E-state index contributed by atoms with van der Waals surface area (Å²) in [5.41, 5.74) is 8.13. The second kappa shape index (κ2) is 4.98. The Kier molecular flexibility index (Phi) is 3.57. The molecule has 4 nitrogen and oxygen atoms in total. The molecule has 2 rings (SSSR count). The van der Waals surface area contributed by atoms with Gasteiger partial charge in [0, 0.05) is 24.9 Å². The predicted octanol–water partition coefficient (Wildman–Crippen LogP) is 1.83. The Morgan fingerprint density at radius 2 is 2.22 bits per heavy atom. The van der Waals surface area contributed by atoms with Crippen molar-refractivity contribution < 1.29 is 9.53 Å². The minimum atomic E-state index is 0.00375. The predicted molar refractivity (Wildman–Crippen MR) is 71.5 cm³/mol. The lowest BCUT2D eigenvalue weighted by Gasteiger charge is -2.27. The quantitative estimate of drug-likeness (QED) is 0.812. The molecule has 0 saturated carbocycles. The number of benzene rings is 1. The summed E-state index contributed by atoms with van der Waals surface area (Å²) in [5, 5.41) is 0. The molecule has 0 radical (unpaired) electrons. The molecule has 18 heavy (non-hydrogen) atoms. The number of likely N-dealkylation sites (N-methyl/N-ethyl adjacent to an activating group) is 1. The molecule has 1 amide bonds. The van der Waals surface area contributed by atoms with Gasteiger partial charge in [-0.2, -0.15) is 0 Å². The number of hydrogen-bond donors (Lipinski definition) is 1. The Bertz CT molecular complexity index is 459. The fraction of sp³-hybridized carbons (Fsp3) is 0.500. The van der Waals surface area contributed by atoms with Gasteiger partial charge in [0.1, 0.15) is 0 Å². The van der Waals surface area contributed by atoms with Crippen molar-refractivity contribution in [3.05, 3.63) is 29.3 Å². The maximum absolute atomic E-state index is 12.4. The van der Waals surface area contributed by atoms with Gasteiger partial charge in [-0.15, -0.1) is 0 Å². The van der Waals surface area contributed by atoms with Crippen molar-refractivity contribution in [1.82, 2.24) is 4.90 Å². The molecule has 0 spiro atoms. The molecule has 1 saturated heterocycles. The van der Waals surface area contributed by atoms with E-state index in [4.69, 9.17) is 10.5 Å². The van der Waals surface area contributed by atoms with Crippen LogP contribution in [-0.4, -0.2) is 36.6 Å². The summed E-state index contributed by atoms with van der Waals surface area (Å²) in [7, 11) is 1.83. The number of hydrogen-bond acceptors (Lipinski definition) is 3. The lowest BCUT2D eigenvalue weighted by molar-refractivity contribution is 0.0574. The normalized spacial score (nSPS) is 23.1. The van der Waals surface area contributed by atoms with E-state index in [-0.39, 0.29) is 18.1 Å². The average molecular weight is 248 g/mol. The number of rotatable bonds is 2. The van der Waals surface area contributed by atoms with Crippen LogP contribution in [0.5, 0.6) is 0 Å². The number of ether oxygens (including phenoxy) is 1. The second-order valence-electron chi connectivity index (χ2n) is 4.92. The van der Waals surface area contributed by atoms with E-state index < -0.39 is 0 Å². The number of anilines is 1. The molecular weight excluding hydrogens is 228 g/mol. The first-order valence-corrected chi connectivity index (χ1v) is 6.25. The number of nitrogens with zero attached hydrogens (tertiary/aromatic N) is 1. The molecular formula is C14H20N2O2. The maximum atomic E-state index is 12.4. The largest absolute Gasteiger partial charge is 0.398 e. The minimum absolute atomic E-state index is 0.00375. The van der Waals surface area contributed by atoms with Crippen LogP contribution in [0, 0.1) is 6.92 Å². The van der Waals surface area contributed by atoms with Crippen molar-refractivity contribution in [2.45, 2.75) is 32.4 Å². The van der Waals surface area contributed by atoms with E-state index in [0.717, 1.165) is 18.6 Å². The fourth-order valence-electron chi connectivity index (χ4n) is 2.36. The van der Waals surface area contributed by atoms with Gasteiger partial charge < -0.3 is 15.4 Å². The first-order chi connectivity index (χ1) is 8.50. The number of carbonyl (C=O) groups excluding carboxylic acids is 1. The first-order valence-electron chi connectivity index (χ1n) is 6.25. The third-order valence-electron chi connectivity index (χ3n) is 3.68. The van der Waals surface area contributed by atoms with Crippen molar-refractivity contribution in [2.75, 3.05) is 19.4 Å². The van der Waals surface area contributed by atoms with Crippen LogP contribution >= 0.6 is 0 Å². The summed E-state index contributed by atoms with van der Waals surface area (Å²) in [6, 6.07) is 5.60. The maximum Gasteiger partial charge on any atom is 0.254 e. The summed E-state index contributed by atoms with van der Waals surface area (Å²) < 4.78 is 5.50. The number of aryl methyl sites for hydroxylation is 1. The van der Waals surface area contributed by atoms with Crippen molar-refractivity contribution in [1.29, 1.82) is 0 Å². The molecule has 1 fully saturated rings. The Hall–Kier alpha value is -1.55. The summed E-state index contributed by atoms with van der Waals surface area (Å²) in [5.74, 6) is 0.00375. The van der Waals surface area contributed by atoms with Gasteiger partial charge in [-0.25, -0.2) is 0 Å². The summed E-state index contributed by atoms with van der Waals surface area (Å²) in [6.45, 7) is 4.66. The third kappa shape index (κ3) is 2.34. The van der Waals surface area contributed by atoms with Crippen LogP contribution in [0.25, 0.3) is 0 Å². The Morgan fingerprint density at radius 1 is 1.50 bits per heavy atom. The third-order valence-corrected chi connectivity index (χ3v) is 3.68. The van der Waals surface area contributed by atoms with Gasteiger partial charge in [0.25, 0.3) is 5.91 Å². The topological polar surface area (TPSA) is 55.6 Å². The van der Waals surface area contributed by atoms with Crippen LogP contribution in [0.1, 0.15) is 29.3 Å². The number of nitrogen functional groups attached to an aromatic ring is 1. The van der Waals surface area contributed by atoms with E-state index >= 15 is 0 Å². The van der Waals surface area contributed by atoms with Gasteiger partial charge >= 0.3 is 0 Å². The van der Waals surface area contributed by atoms with Gasteiger partial charge in [-0.3, -0.25) is 4.79 Å². The number of amides is 1. The minimum Gasteiger partial charge on any atom is -0.398 e. The highest BCUT2D eigenvalue weighted by Gasteiger charge is 2.31. The molecule has 1 heterocycles. The van der Waals surface area contributed by atoms with Gasteiger partial charge in [0.05, 0.1) is 12.1 Å². The molecule has 1 aliphatic rings. The average Bonchev–Trinajstić information content (AvgIpc) is 2.77. The van der Waals surface area contributed by atoms with Gasteiger partial charge in [-0.1, -0.05) is 6.07 Å². The molecule has 0 bridgehead atoms. The van der Waals surface area contributed by atoms with E-state index in [1.807, 2.05) is 33.0 Å². The SMILES string of the molecule is Cc1ccc(C(=O)N(C)C2CCOC2C)cc1N. The molecule has 1 aromatic carbocycles. The highest BCUT2D eigenvalue weighted by Crippen LogP contribution is 2.21. The molecule has 0 aromatic heterocycles. The lowest BCUT2D eigenvalue weighted by atomic mass is 10.1. The van der Waals surface area contributed by atoms with Crippen LogP contribution < -0.4 is 5.73 Å². The fourth-order valence-corrected chi connectivity index (χ4v) is 2.36. The van der Waals surface area contributed by atoms with Crippen LogP contribution in [0.2, 0.25) is 0 Å². The molecule has 98 valence electrons. The van der Waals surface area contributed by atoms with Gasteiger partial charge in [-0.05, 0) is 38.0 Å². The van der Waals surface area contributed by atoms with E-state index in [9.17, 15) is 4.79 Å². The molecule has 2 N–H and O–H groups in total. The zero-order chi connectivity index (χ0) is 13.3. The van der Waals surface area contributed by atoms with Crippen LogP contribution in [0.3, 0.4) is 0 Å². The Labute approximate surface area is 108 Å². The molecule has 1 aromatic rings. The van der Waals surface area contributed by atoms with Crippen molar-refractivity contribution in [3.8, 4) is 0 Å². The van der Waals surface area contributed by atoms with E-state index in [0.29, 0.717) is 11.3 Å². The molecule has 1 aliphatic heterocycles. The first kappa shape index (κ1) is 12.9. The van der Waals surface area contributed by atoms with Crippen molar-refractivity contribution in [3.63, 3.8) is 0 Å². The second-order valence-corrected chi connectivity index (χ2v) is 4.92. The highest BCUT2D eigenvalue weighted by molar-refractivity contribution is 5.95. The summed E-state index contributed by atoms with van der Waals surface area (Å²) in [6.07, 6.45) is 0.992. The van der Waals surface area contributed by atoms with Gasteiger partial charge in [0.2, 0.25) is 0 Å². The lowest BCUT2D eigenvalue weighted by Crippen LogP contribution is -2.41. The standard InChI is InChI=1S/C14H20N2O2/c1-9-4-5-11(8-12(9)15)14(17)16(3)13-6-7-18-10(13)2/h4-5,8,10,13H,6-7,15H2,1-3H3. The molecule has 0 aliphatic carbocycles. The molecule has 4 heteroatoms.